The molecule has 0 saturated carbocycles. The van der Waals surface area contributed by atoms with E-state index in [0.717, 1.165) is 17.2 Å². The summed E-state index contributed by atoms with van der Waals surface area (Å²) < 4.78 is 39.1. The van der Waals surface area contributed by atoms with Crippen LogP contribution in [0, 0.1) is 13.8 Å². The third kappa shape index (κ3) is 4.41. The number of hydrogen-bond donors (Lipinski definition) is 1. The number of aryl methyl sites for hydroxylation is 1. The van der Waals surface area contributed by atoms with Crippen molar-refractivity contribution in [2.24, 2.45) is 0 Å². The standard InChI is InChI=1S/C19H19F3N2O2/c1-12-7-6-10-17(13(12)2)24(14(3)25)11-18(26)23-16-9-5-4-8-15(16)19(20,21)22/h4-10H,11H2,1-3H3,(H,23,26). The summed E-state index contributed by atoms with van der Waals surface area (Å²) in [5.74, 6) is -1.09. The van der Waals surface area contributed by atoms with E-state index in [1.165, 1.54) is 30.0 Å². The molecule has 2 aromatic rings. The van der Waals surface area contributed by atoms with Crippen molar-refractivity contribution >= 4 is 23.2 Å². The van der Waals surface area contributed by atoms with Gasteiger partial charge in [0, 0.05) is 12.6 Å². The van der Waals surface area contributed by atoms with E-state index in [4.69, 9.17) is 0 Å². The van der Waals surface area contributed by atoms with E-state index in [1.54, 1.807) is 12.1 Å². The lowest BCUT2D eigenvalue weighted by atomic mass is 10.1. The molecule has 0 radical (unpaired) electrons. The number of carbonyl (C=O) groups excluding carboxylic acids is 2. The Morgan fingerprint density at radius 1 is 1.04 bits per heavy atom. The van der Waals surface area contributed by atoms with Crippen LogP contribution in [0.1, 0.15) is 23.6 Å². The summed E-state index contributed by atoms with van der Waals surface area (Å²) in [5, 5.41) is 2.25. The van der Waals surface area contributed by atoms with Crippen molar-refractivity contribution in [1.82, 2.24) is 0 Å². The van der Waals surface area contributed by atoms with Crippen LogP contribution >= 0.6 is 0 Å². The number of alkyl halides is 3. The second-order valence-electron chi connectivity index (χ2n) is 5.92. The van der Waals surface area contributed by atoms with Crippen molar-refractivity contribution < 1.29 is 22.8 Å². The zero-order valence-corrected chi connectivity index (χ0v) is 14.6. The maximum absolute atomic E-state index is 13.0. The Balaban J connectivity index is 2.25. The van der Waals surface area contributed by atoms with Crippen LogP contribution in [-0.4, -0.2) is 18.4 Å². The molecule has 4 nitrogen and oxygen atoms in total. The van der Waals surface area contributed by atoms with Gasteiger partial charge in [-0.3, -0.25) is 9.59 Å². The van der Waals surface area contributed by atoms with Gasteiger partial charge in [0.05, 0.1) is 11.3 Å². The van der Waals surface area contributed by atoms with Crippen molar-refractivity contribution in [2.45, 2.75) is 26.9 Å². The molecule has 7 heteroatoms. The van der Waals surface area contributed by atoms with Gasteiger partial charge in [0.15, 0.2) is 0 Å². The average molecular weight is 364 g/mol. The number of hydrogen-bond acceptors (Lipinski definition) is 2. The largest absolute Gasteiger partial charge is 0.418 e. The van der Waals surface area contributed by atoms with Crippen molar-refractivity contribution in [3.63, 3.8) is 0 Å². The van der Waals surface area contributed by atoms with Gasteiger partial charge in [-0.25, -0.2) is 0 Å². The maximum atomic E-state index is 13.0. The maximum Gasteiger partial charge on any atom is 0.418 e. The third-order valence-electron chi connectivity index (χ3n) is 4.06. The molecular formula is C19H19F3N2O2. The molecule has 0 spiro atoms. The highest BCUT2D eigenvalue weighted by Crippen LogP contribution is 2.34. The normalized spacial score (nSPS) is 11.2. The van der Waals surface area contributed by atoms with Gasteiger partial charge in [-0.05, 0) is 43.2 Å². The lowest BCUT2D eigenvalue weighted by Crippen LogP contribution is -2.37. The van der Waals surface area contributed by atoms with E-state index in [-0.39, 0.29) is 18.1 Å². The van der Waals surface area contributed by atoms with E-state index in [1.807, 2.05) is 19.9 Å². The first-order chi connectivity index (χ1) is 12.1. The van der Waals surface area contributed by atoms with Gasteiger partial charge in [0.2, 0.25) is 11.8 Å². The summed E-state index contributed by atoms with van der Waals surface area (Å²) in [6.07, 6.45) is -4.59. The SMILES string of the molecule is CC(=O)N(CC(=O)Nc1ccccc1C(F)(F)F)c1cccc(C)c1C. The lowest BCUT2D eigenvalue weighted by molar-refractivity contribution is -0.137. The topological polar surface area (TPSA) is 49.4 Å². The number of nitrogens with one attached hydrogen (secondary N) is 1. The summed E-state index contributed by atoms with van der Waals surface area (Å²) in [5.41, 5.74) is 1.04. The number of benzene rings is 2. The van der Waals surface area contributed by atoms with Crippen LogP contribution in [0.5, 0.6) is 0 Å². The summed E-state index contributed by atoms with van der Waals surface area (Å²) in [7, 11) is 0. The number of halogens is 3. The van der Waals surface area contributed by atoms with E-state index >= 15 is 0 Å². The van der Waals surface area contributed by atoms with E-state index in [9.17, 15) is 22.8 Å². The first-order valence-corrected chi connectivity index (χ1v) is 7.91. The molecular weight excluding hydrogens is 345 g/mol. The molecule has 0 unspecified atom stereocenters. The molecule has 0 aliphatic carbocycles. The first kappa shape index (κ1) is 19.5. The van der Waals surface area contributed by atoms with E-state index in [2.05, 4.69) is 5.32 Å². The molecule has 2 amide bonds. The molecule has 0 aliphatic rings. The highest BCUT2D eigenvalue weighted by atomic mass is 19.4. The molecule has 26 heavy (non-hydrogen) atoms. The summed E-state index contributed by atoms with van der Waals surface area (Å²) in [4.78, 5) is 25.5. The number of rotatable bonds is 4. The van der Waals surface area contributed by atoms with Gasteiger partial charge in [-0.15, -0.1) is 0 Å². The fourth-order valence-corrected chi connectivity index (χ4v) is 2.57. The van der Waals surface area contributed by atoms with E-state index < -0.39 is 17.6 Å². The van der Waals surface area contributed by atoms with Crippen molar-refractivity contribution in [3.05, 3.63) is 59.2 Å². The molecule has 0 heterocycles. The molecule has 0 aromatic heterocycles. The summed E-state index contributed by atoms with van der Waals surface area (Å²) >= 11 is 0. The van der Waals surface area contributed by atoms with Crippen LogP contribution in [0.4, 0.5) is 24.5 Å². The zero-order chi connectivity index (χ0) is 19.5. The zero-order valence-electron chi connectivity index (χ0n) is 14.6. The highest BCUT2D eigenvalue weighted by molar-refractivity contribution is 6.02. The molecule has 2 aromatic carbocycles. The first-order valence-electron chi connectivity index (χ1n) is 7.91. The summed E-state index contributed by atoms with van der Waals surface area (Å²) in [6, 6.07) is 10.0. The smallest absolute Gasteiger partial charge is 0.324 e. The Morgan fingerprint density at radius 3 is 2.31 bits per heavy atom. The number of nitrogens with zero attached hydrogens (tertiary/aromatic N) is 1. The summed E-state index contributed by atoms with van der Waals surface area (Å²) in [6.45, 7) is 4.61. The molecule has 0 aliphatic heterocycles. The van der Waals surface area contributed by atoms with Crippen LogP contribution in [-0.2, 0) is 15.8 Å². The third-order valence-corrected chi connectivity index (χ3v) is 4.06. The Labute approximate surface area is 149 Å². The molecule has 138 valence electrons. The molecule has 1 N–H and O–H groups in total. The van der Waals surface area contributed by atoms with Crippen LogP contribution < -0.4 is 10.2 Å². The molecule has 0 bridgehead atoms. The van der Waals surface area contributed by atoms with Crippen molar-refractivity contribution in [3.8, 4) is 0 Å². The Bertz CT molecular complexity index is 832. The Hall–Kier alpha value is -2.83. The number of para-hydroxylation sites is 1. The van der Waals surface area contributed by atoms with E-state index in [0.29, 0.717) is 5.69 Å². The molecule has 0 saturated heterocycles. The predicted octanol–water partition coefficient (Wildman–Crippen LogP) is 4.31. The Kier molecular flexibility index (Phi) is 5.69. The lowest BCUT2D eigenvalue weighted by Gasteiger charge is -2.24. The number of anilines is 2. The highest BCUT2D eigenvalue weighted by Gasteiger charge is 2.33. The fraction of sp³-hybridized carbons (Fsp3) is 0.263. The van der Waals surface area contributed by atoms with Gasteiger partial charge in [-0.1, -0.05) is 24.3 Å². The van der Waals surface area contributed by atoms with Crippen LogP contribution in [0.3, 0.4) is 0 Å². The van der Waals surface area contributed by atoms with Crippen LogP contribution in [0.15, 0.2) is 42.5 Å². The van der Waals surface area contributed by atoms with Crippen LogP contribution in [0.2, 0.25) is 0 Å². The quantitative estimate of drug-likeness (QED) is 0.879. The van der Waals surface area contributed by atoms with Gasteiger partial charge >= 0.3 is 6.18 Å². The van der Waals surface area contributed by atoms with Gasteiger partial charge in [0.25, 0.3) is 0 Å². The molecule has 0 atom stereocenters. The second kappa shape index (κ2) is 7.59. The van der Waals surface area contributed by atoms with Crippen LogP contribution in [0.25, 0.3) is 0 Å². The van der Waals surface area contributed by atoms with Gasteiger partial charge in [0.1, 0.15) is 6.54 Å². The number of carbonyl (C=O) groups is 2. The predicted molar refractivity (Wildman–Crippen MR) is 94.0 cm³/mol. The monoisotopic (exact) mass is 364 g/mol. The Morgan fingerprint density at radius 2 is 1.69 bits per heavy atom. The van der Waals surface area contributed by atoms with Crippen molar-refractivity contribution in [2.75, 3.05) is 16.8 Å². The minimum atomic E-state index is -4.59. The van der Waals surface area contributed by atoms with Gasteiger partial charge < -0.3 is 10.2 Å². The molecule has 0 fully saturated rings. The molecule has 2 rings (SSSR count). The van der Waals surface area contributed by atoms with Gasteiger partial charge in [-0.2, -0.15) is 13.2 Å². The average Bonchev–Trinajstić information content (AvgIpc) is 2.55. The second-order valence-corrected chi connectivity index (χ2v) is 5.92. The van der Waals surface area contributed by atoms with Crippen molar-refractivity contribution in [1.29, 1.82) is 0 Å². The number of amides is 2. The minimum absolute atomic E-state index is 0.338. The minimum Gasteiger partial charge on any atom is -0.324 e. The fourth-order valence-electron chi connectivity index (χ4n) is 2.57.